The molecule has 0 radical (unpaired) electrons. The van der Waals surface area contributed by atoms with Crippen LogP contribution in [0.3, 0.4) is 0 Å². The van der Waals surface area contributed by atoms with Crippen LogP contribution in [0.25, 0.3) is 0 Å². The van der Waals surface area contributed by atoms with Gasteiger partial charge >= 0.3 is 5.97 Å². The minimum Gasteiger partial charge on any atom is -0.469 e. The molecule has 0 aromatic heterocycles. The molecule has 1 heterocycles. The van der Waals surface area contributed by atoms with Crippen LogP contribution >= 0.6 is 0 Å². The zero-order valence-corrected chi connectivity index (χ0v) is 17.3. The van der Waals surface area contributed by atoms with Crippen LogP contribution < -0.4 is 5.32 Å². The number of guanidine groups is 1. The molecule has 0 spiro atoms. The maximum absolute atomic E-state index is 12.0. The minimum absolute atomic E-state index is 0.0900. The second-order valence-electron chi connectivity index (χ2n) is 7.51. The van der Waals surface area contributed by atoms with Crippen LogP contribution in [0.4, 0.5) is 0 Å². The number of carbonyl (C=O) groups is 1. The Kier molecular flexibility index (Phi) is 8.10. The van der Waals surface area contributed by atoms with Crippen molar-refractivity contribution in [3.8, 4) is 0 Å². The van der Waals surface area contributed by atoms with E-state index in [2.05, 4.69) is 67.3 Å². The first-order chi connectivity index (χ1) is 13.0. The van der Waals surface area contributed by atoms with E-state index in [-0.39, 0.29) is 17.8 Å². The Morgan fingerprint density at radius 1 is 1.33 bits per heavy atom. The lowest BCUT2D eigenvalue weighted by Gasteiger charge is -2.25. The van der Waals surface area contributed by atoms with E-state index in [9.17, 15) is 4.79 Å². The van der Waals surface area contributed by atoms with Gasteiger partial charge in [0.2, 0.25) is 0 Å². The van der Waals surface area contributed by atoms with Gasteiger partial charge in [-0.05, 0) is 38.9 Å². The van der Waals surface area contributed by atoms with Crippen molar-refractivity contribution in [2.45, 2.75) is 26.3 Å². The molecule has 1 aliphatic rings. The van der Waals surface area contributed by atoms with Gasteiger partial charge in [0.1, 0.15) is 0 Å². The summed E-state index contributed by atoms with van der Waals surface area (Å²) in [6.07, 6.45) is 0.956. The van der Waals surface area contributed by atoms with Gasteiger partial charge in [-0.25, -0.2) is 0 Å². The summed E-state index contributed by atoms with van der Waals surface area (Å²) in [6, 6.07) is 10.8. The molecule has 0 aliphatic carbocycles. The van der Waals surface area contributed by atoms with Crippen LogP contribution in [-0.4, -0.2) is 75.2 Å². The van der Waals surface area contributed by atoms with Gasteiger partial charge in [0.15, 0.2) is 5.96 Å². The number of nitrogens with zero attached hydrogens (tertiary/aromatic N) is 3. The van der Waals surface area contributed by atoms with Crippen LogP contribution in [-0.2, 0) is 16.0 Å². The normalized spacial score (nSPS) is 21.4. The van der Waals surface area contributed by atoms with Crippen molar-refractivity contribution < 1.29 is 9.53 Å². The summed E-state index contributed by atoms with van der Waals surface area (Å²) in [7, 11) is 5.66. The second-order valence-corrected chi connectivity index (χ2v) is 7.51. The molecule has 0 bridgehead atoms. The lowest BCUT2D eigenvalue weighted by Crippen LogP contribution is -2.42. The first-order valence-electron chi connectivity index (χ1n) is 9.77. The number of benzene rings is 1. The van der Waals surface area contributed by atoms with E-state index in [0.29, 0.717) is 19.1 Å². The molecule has 1 aliphatic heterocycles. The molecule has 0 saturated carbocycles. The second kappa shape index (κ2) is 10.3. The van der Waals surface area contributed by atoms with E-state index in [0.717, 1.165) is 25.5 Å². The Labute approximate surface area is 163 Å². The largest absolute Gasteiger partial charge is 0.469 e. The molecule has 3 atom stereocenters. The van der Waals surface area contributed by atoms with Gasteiger partial charge in [0, 0.05) is 25.7 Å². The molecule has 27 heavy (non-hydrogen) atoms. The zero-order valence-electron chi connectivity index (χ0n) is 17.3. The summed E-state index contributed by atoms with van der Waals surface area (Å²) >= 11 is 0. The summed E-state index contributed by atoms with van der Waals surface area (Å²) in [5, 5.41) is 3.39. The van der Waals surface area contributed by atoms with Gasteiger partial charge in [-0.3, -0.25) is 9.79 Å². The fourth-order valence-electron chi connectivity index (χ4n) is 3.51. The first-order valence-corrected chi connectivity index (χ1v) is 9.77. The van der Waals surface area contributed by atoms with Crippen LogP contribution in [0.1, 0.15) is 19.4 Å². The monoisotopic (exact) mass is 374 g/mol. The van der Waals surface area contributed by atoms with Gasteiger partial charge in [0.25, 0.3) is 0 Å². The molecule has 6 heteroatoms. The molecular weight excluding hydrogens is 340 g/mol. The van der Waals surface area contributed by atoms with Crippen LogP contribution in [0.2, 0.25) is 0 Å². The Morgan fingerprint density at radius 2 is 2.04 bits per heavy atom. The Hall–Kier alpha value is -2.08. The van der Waals surface area contributed by atoms with Crippen molar-refractivity contribution >= 4 is 11.9 Å². The third-order valence-corrected chi connectivity index (χ3v) is 5.25. The molecule has 150 valence electrons. The number of likely N-dealkylation sites (tertiary alicyclic amines) is 1. The van der Waals surface area contributed by atoms with E-state index >= 15 is 0 Å². The highest BCUT2D eigenvalue weighted by Crippen LogP contribution is 2.24. The molecule has 2 rings (SSSR count). The number of likely N-dealkylation sites (N-methyl/N-ethyl adjacent to an activating group) is 1. The summed E-state index contributed by atoms with van der Waals surface area (Å²) in [6.45, 7) is 7.15. The smallest absolute Gasteiger partial charge is 0.310 e. The number of nitrogens with one attached hydrogen (secondary N) is 1. The van der Waals surface area contributed by atoms with E-state index in [1.54, 1.807) is 0 Å². The summed E-state index contributed by atoms with van der Waals surface area (Å²) < 4.78 is 4.96. The number of esters is 1. The van der Waals surface area contributed by atoms with Gasteiger partial charge < -0.3 is 19.9 Å². The molecule has 1 aromatic rings. The highest BCUT2D eigenvalue weighted by Gasteiger charge is 2.36. The predicted octanol–water partition coefficient (Wildman–Crippen LogP) is 1.87. The maximum atomic E-state index is 12.0. The summed E-state index contributed by atoms with van der Waals surface area (Å²) in [5.74, 6) is 0.926. The molecule has 1 fully saturated rings. The zero-order chi connectivity index (χ0) is 19.8. The molecule has 1 aromatic carbocycles. The molecule has 1 saturated heterocycles. The Bertz CT molecular complexity index is 618. The topological polar surface area (TPSA) is 57.2 Å². The van der Waals surface area contributed by atoms with Crippen molar-refractivity contribution in [3.63, 3.8) is 0 Å². The lowest BCUT2D eigenvalue weighted by atomic mass is 9.99. The van der Waals surface area contributed by atoms with Crippen molar-refractivity contribution in [2.24, 2.45) is 16.8 Å². The fourth-order valence-corrected chi connectivity index (χ4v) is 3.51. The van der Waals surface area contributed by atoms with Crippen LogP contribution in [0.15, 0.2) is 35.3 Å². The van der Waals surface area contributed by atoms with Crippen molar-refractivity contribution in [1.82, 2.24) is 15.1 Å². The van der Waals surface area contributed by atoms with Crippen molar-refractivity contribution in [1.29, 1.82) is 0 Å². The van der Waals surface area contributed by atoms with Crippen molar-refractivity contribution in [2.75, 3.05) is 47.4 Å². The molecule has 3 unspecified atom stereocenters. The fraction of sp³-hybridized carbons (Fsp3) is 0.619. The van der Waals surface area contributed by atoms with E-state index in [4.69, 9.17) is 9.73 Å². The quantitative estimate of drug-likeness (QED) is 0.449. The van der Waals surface area contributed by atoms with E-state index < -0.39 is 0 Å². The Morgan fingerprint density at radius 3 is 2.63 bits per heavy atom. The van der Waals surface area contributed by atoms with Gasteiger partial charge in [-0.15, -0.1) is 0 Å². The highest BCUT2D eigenvalue weighted by molar-refractivity contribution is 5.82. The van der Waals surface area contributed by atoms with Gasteiger partial charge in [-0.2, -0.15) is 0 Å². The average molecular weight is 375 g/mol. The maximum Gasteiger partial charge on any atom is 0.310 e. The molecular formula is C21H34N4O2. The SMILES string of the molecule is CCNC(=NCC(Cc1ccccc1)N(C)C)N1CC(C)C(C(=O)OC)C1. The van der Waals surface area contributed by atoms with Gasteiger partial charge in [0.05, 0.1) is 19.6 Å². The third-order valence-electron chi connectivity index (χ3n) is 5.25. The number of hydrogen-bond acceptors (Lipinski definition) is 4. The average Bonchev–Trinajstić information content (AvgIpc) is 3.05. The summed E-state index contributed by atoms with van der Waals surface area (Å²) in [4.78, 5) is 21.3. The standard InChI is InChI=1S/C21H34N4O2/c1-6-22-21(25-14-16(2)19(15-25)20(26)27-5)23-13-18(24(3)4)12-17-10-8-7-9-11-17/h7-11,16,18-19H,6,12-15H2,1-5H3,(H,22,23). The Balaban J connectivity index is 2.07. The molecule has 6 nitrogen and oxygen atoms in total. The van der Waals surface area contributed by atoms with Crippen LogP contribution in [0, 0.1) is 11.8 Å². The number of methoxy groups -OCH3 is 1. The molecule has 1 N–H and O–H groups in total. The molecule has 0 amide bonds. The minimum atomic E-state index is -0.129. The summed E-state index contributed by atoms with van der Waals surface area (Å²) in [5.41, 5.74) is 1.32. The van der Waals surface area contributed by atoms with Crippen molar-refractivity contribution in [3.05, 3.63) is 35.9 Å². The number of hydrogen-bond donors (Lipinski definition) is 1. The number of rotatable bonds is 7. The third kappa shape index (κ3) is 5.96. The first kappa shape index (κ1) is 21.2. The highest BCUT2D eigenvalue weighted by atomic mass is 16.5. The van der Waals surface area contributed by atoms with Gasteiger partial charge in [-0.1, -0.05) is 37.3 Å². The van der Waals surface area contributed by atoms with E-state index in [1.807, 2.05) is 6.07 Å². The number of carbonyl (C=O) groups excluding carboxylic acids is 1. The number of ether oxygens (including phenoxy) is 1. The number of aliphatic imine (C=N–C) groups is 1. The van der Waals surface area contributed by atoms with Crippen LogP contribution in [0.5, 0.6) is 0 Å². The predicted molar refractivity (Wildman–Crippen MR) is 110 cm³/mol. The lowest BCUT2D eigenvalue weighted by molar-refractivity contribution is -0.145. The van der Waals surface area contributed by atoms with E-state index in [1.165, 1.54) is 12.7 Å².